The SMILES string of the molecule is CCC1C(=O)N(c2cccc(N)c2)N=C1C. The number of hydrazone groups is 1. The number of amides is 1. The summed E-state index contributed by atoms with van der Waals surface area (Å²) in [5.74, 6) is -0.0490. The number of rotatable bonds is 2. The molecule has 0 aliphatic carbocycles. The Morgan fingerprint density at radius 2 is 2.25 bits per heavy atom. The highest BCUT2D eigenvalue weighted by Gasteiger charge is 2.32. The van der Waals surface area contributed by atoms with E-state index < -0.39 is 0 Å². The molecule has 4 heteroatoms. The van der Waals surface area contributed by atoms with Crippen LogP contribution in [0.15, 0.2) is 29.4 Å². The summed E-state index contributed by atoms with van der Waals surface area (Å²) < 4.78 is 0. The second-order valence-corrected chi connectivity index (χ2v) is 3.95. The van der Waals surface area contributed by atoms with Crippen molar-refractivity contribution in [1.29, 1.82) is 0 Å². The molecule has 1 aromatic carbocycles. The summed E-state index contributed by atoms with van der Waals surface area (Å²) in [7, 11) is 0. The monoisotopic (exact) mass is 217 g/mol. The van der Waals surface area contributed by atoms with E-state index in [2.05, 4.69) is 5.10 Å². The van der Waals surface area contributed by atoms with Crippen LogP contribution in [0.1, 0.15) is 20.3 Å². The summed E-state index contributed by atoms with van der Waals surface area (Å²) in [5, 5.41) is 5.72. The second-order valence-electron chi connectivity index (χ2n) is 3.95. The molecule has 0 saturated heterocycles. The molecule has 0 saturated carbocycles. The Balaban J connectivity index is 2.34. The number of anilines is 2. The number of carbonyl (C=O) groups excluding carboxylic acids is 1. The van der Waals surface area contributed by atoms with Crippen LogP contribution >= 0.6 is 0 Å². The Morgan fingerprint density at radius 3 is 2.81 bits per heavy atom. The minimum Gasteiger partial charge on any atom is -0.399 e. The lowest BCUT2D eigenvalue weighted by atomic mass is 10.0. The highest BCUT2D eigenvalue weighted by Crippen LogP contribution is 2.26. The van der Waals surface area contributed by atoms with E-state index >= 15 is 0 Å². The van der Waals surface area contributed by atoms with E-state index in [4.69, 9.17) is 5.73 Å². The molecule has 1 unspecified atom stereocenters. The number of hydrogen-bond donors (Lipinski definition) is 1. The molecule has 1 atom stereocenters. The first-order valence-corrected chi connectivity index (χ1v) is 5.38. The average Bonchev–Trinajstić information content (AvgIpc) is 2.54. The maximum atomic E-state index is 12.0. The van der Waals surface area contributed by atoms with E-state index in [-0.39, 0.29) is 11.8 Å². The summed E-state index contributed by atoms with van der Waals surface area (Å²) in [6.07, 6.45) is 0.785. The molecule has 16 heavy (non-hydrogen) atoms. The van der Waals surface area contributed by atoms with Crippen LogP contribution in [-0.4, -0.2) is 11.6 Å². The van der Waals surface area contributed by atoms with E-state index in [0.29, 0.717) is 5.69 Å². The smallest absolute Gasteiger partial charge is 0.256 e. The Kier molecular flexibility index (Phi) is 2.64. The van der Waals surface area contributed by atoms with E-state index in [1.54, 1.807) is 12.1 Å². The lowest BCUT2D eigenvalue weighted by Gasteiger charge is -2.13. The first-order valence-electron chi connectivity index (χ1n) is 5.38. The molecule has 0 radical (unpaired) electrons. The van der Waals surface area contributed by atoms with Gasteiger partial charge in [0.25, 0.3) is 5.91 Å². The van der Waals surface area contributed by atoms with Crippen molar-refractivity contribution in [2.24, 2.45) is 11.0 Å². The van der Waals surface area contributed by atoms with Gasteiger partial charge in [-0.2, -0.15) is 5.10 Å². The van der Waals surface area contributed by atoms with Crippen LogP contribution in [0.25, 0.3) is 0 Å². The predicted octanol–water partition coefficient (Wildman–Crippen LogP) is 2.02. The minimum atomic E-state index is -0.0820. The van der Waals surface area contributed by atoms with Gasteiger partial charge in [-0.15, -0.1) is 0 Å². The summed E-state index contributed by atoms with van der Waals surface area (Å²) >= 11 is 0. The minimum absolute atomic E-state index is 0.0330. The van der Waals surface area contributed by atoms with Gasteiger partial charge in [0.2, 0.25) is 0 Å². The summed E-state index contributed by atoms with van der Waals surface area (Å²) in [4.78, 5) is 12.0. The molecule has 84 valence electrons. The van der Waals surface area contributed by atoms with Crippen molar-refractivity contribution in [2.45, 2.75) is 20.3 Å². The fraction of sp³-hybridized carbons (Fsp3) is 0.333. The van der Waals surface area contributed by atoms with Crippen molar-refractivity contribution >= 4 is 23.0 Å². The van der Waals surface area contributed by atoms with Gasteiger partial charge in [-0.1, -0.05) is 13.0 Å². The standard InChI is InChI=1S/C12H15N3O/c1-3-11-8(2)14-15(12(11)16)10-6-4-5-9(13)7-10/h4-7,11H,3,13H2,1-2H3. The third kappa shape index (κ3) is 1.66. The van der Waals surface area contributed by atoms with Gasteiger partial charge < -0.3 is 5.73 Å². The second kappa shape index (κ2) is 3.96. The molecule has 4 nitrogen and oxygen atoms in total. The molecule has 2 N–H and O–H groups in total. The number of hydrogen-bond acceptors (Lipinski definition) is 3. The lowest BCUT2D eigenvalue weighted by Crippen LogP contribution is -2.26. The van der Waals surface area contributed by atoms with Crippen molar-refractivity contribution in [2.75, 3.05) is 10.7 Å². The van der Waals surface area contributed by atoms with Gasteiger partial charge in [0.15, 0.2) is 0 Å². The van der Waals surface area contributed by atoms with Crippen molar-refractivity contribution in [3.05, 3.63) is 24.3 Å². The van der Waals surface area contributed by atoms with Crippen LogP contribution in [0.2, 0.25) is 0 Å². The molecular formula is C12H15N3O. The molecule has 1 aliphatic heterocycles. The van der Waals surface area contributed by atoms with Gasteiger partial charge in [0.1, 0.15) is 0 Å². The topological polar surface area (TPSA) is 58.7 Å². The van der Waals surface area contributed by atoms with E-state index in [1.807, 2.05) is 26.0 Å². The van der Waals surface area contributed by atoms with Gasteiger partial charge in [-0.3, -0.25) is 4.79 Å². The molecule has 0 bridgehead atoms. The number of benzene rings is 1. The van der Waals surface area contributed by atoms with Gasteiger partial charge >= 0.3 is 0 Å². The zero-order chi connectivity index (χ0) is 11.7. The Hall–Kier alpha value is -1.84. The Bertz CT molecular complexity index is 453. The predicted molar refractivity (Wildman–Crippen MR) is 65.2 cm³/mol. The largest absolute Gasteiger partial charge is 0.399 e. The van der Waals surface area contributed by atoms with Crippen molar-refractivity contribution < 1.29 is 4.79 Å². The maximum absolute atomic E-state index is 12.0. The molecule has 0 aromatic heterocycles. The number of nitrogens with two attached hydrogens (primary N) is 1. The van der Waals surface area contributed by atoms with Gasteiger partial charge in [-0.25, -0.2) is 5.01 Å². The highest BCUT2D eigenvalue weighted by molar-refractivity contribution is 6.14. The number of carbonyl (C=O) groups is 1. The number of nitrogens with zero attached hydrogens (tertiary/aromatic N) is 2. The fourth-order valence-corrected chi connectivity index (χ4v) is 1.91. The maximum Gasteiger partial charge on any atom is 0.256 e. The quantitative estimate of drug-likeness (QED) is 0.770. The van der Waals surface area contributed by atoms with Crippen LogP contribution in [0.4, 0.5) is 11.4 Å². The van der Waals surface area contributed by atoms with E-state index in [9.17, 15) is 4.79 Å². The zero-order valence-electron chi connectivity index (χ0n) is 9.47. The fourth-order valence-electron chi connectivity index (χ4n) is 1.91. The molecule has 1 amide bonds. The normalized spacial score (nSPS) is 20.1. The van der Waals surface area contributed by atoms with Gasteiger partial charge in [0, 0.05) is 11.4 Å². The van der Waals surface area contributed by atoms with Crippen LogP contribution in [-0.2, 0) is 4.79 Å². The van der Waals surface area contributed by atoms with Crippen LogP contribution in [0.5, 0.6) is 0 Å². The highest BCUT2D eigenvalue weighted by atomic mass is 16.2. The molecule has 1 heterocycles. The molecule has 1 aliphatic rings. The molecule has 2 rings (SSSR count). The van der Waals surface area contributed by atoms with Gasteiger partial charge in [-0.05, 0) is 31.5 Å². The zero-order valence-corrected chi connectivity index (χ0v) is 9.47. The van der Waals surface area contributed by atoms with Crippen LogP contribution in [0.3, 0.4) is 0 Å². The van der Waals surface area contributed by atoms with Crippen molar-refractivity contribution in [3.8, 4) is 0 Å². The molecule has 0 fully saturated rings. The summed E-state index contributed by atoms with van der Waals surface area (Å²) in [6, 6.07) is 7.20. The Labute approximate surface area is 94.7 Å². The third-order valence-corrected chi connectivity index (χ3v) is 2.79. The van der Waals surface area contributed by atoms with E-state index in [0.717, 1.165) is 17.8 Å². The molecule has 1 aromatic rings. The summed E-state index contributed by atoms with van der Waals surface area (Å²) in [6.45, 7) is 3.88. The average molecular weight is 217 g/mol. The number of nitrogen functional groups attached to an aromatic ring is 1. The first kappa shape index (κ1) is 10.7. The molecular weight excluding hydrogens is 202 g/mol. The van der Waals surface area contributed by atoms with Crippen LogP contribution < -0.4 is 10.7 Å². The lowest BCUT2D eigenvalue weighted by molar-refractivity contribution is -0.119. The van der Waals surface area contributed by atoms with E-state index in [1.165, 1.54) is 5.01 Å². The first-order chi connectivity index (χ1) is 7.63. The third-order valence-electron chi connectivity index (χ3n) is 2.79. The van der Waals surface area contributed by atoms with Gasteiger partial charge in [0.05, 0.1) is 11.6 Å². The Morgan fingerprint density at radius 1 is 1.50 bits per heavy atom. The van der Waals surface area contributed by atoms with Crippen molar-refractivity contribution in [1.82, 2.24) is 0 Å². The molecule has 0 spiro atoms. The van der Waals surface area contributed by atoms with Crippen molar-refractivity contribution in [3.63, 3.8) is 0 Å². The summed E-state index contributed by atoms with van der Waals surface area (Å²) in [5.41, 5.74) is 7.93. The van der Waals surface area contributed by atoms with Crippen LogP contribution in [0, 0.1) is 5.92 Å².